The maximum Gasteiger partial charge on any atom is 0.222 e. The highest BCUT2D eigenvalue weighted by molar-refractivity contribution is 5.76. The van der Waals surface area contributed by atoms with Crippen molar-refractivity contribution in [3.8, 4) is 0 Å². The molecule has 86 valence electrons. The molecule has 3 nitrogen and oxygen atoms in total. The predicted molar refractivity (Wildman–Crippen MR) is 56.3 cm³/mol. The van der Waals surface area contributed by atoms with Crippen LogP contribution in [0.15, 0.2) is 0 Å². The first-order valence-corrected chi connectivity index (χ1v) is 5.88. The number of nitrogens with zero attached hydrogens (tertiary/aromatic N) is 1. The highest BCUT2D eigenvalue weighted by atomic mass is 19.1. The minimum atomic E-state index is -0.790. The summed E-state index contributed by atoms with van der Waals surface area (Å²) in [5, 5.41) is 3.28. The minimum Gasteiger partial charge on any atom is -0.340 e. The van der Waals surface area contributed by atoms with Gasteiger partial charge in [0.05, 0.1) is 6.54 Å². The first kappa shape index (κ1) is 10.9. The zero-order valence-corrected chi connectivity index (χ0v) is 9.04. The maximum atomic E-state index is 12.9. The molecule has 0 aromatic rings. The number of amides is 1. The zero-order valence-electron chi connectivity index (χ0n) is 9.04. The van der Waals surface area contributed by atoms with Crippen LogP contribution in [-0.2, 0) is 4.79 Å². The van der Waals surface area contributed by atoms with Crippen LogP contribution in [0, 0.1) is 5.92 Å². The Hall–Kier alpha value is -0.640. The molecule has 2 saturated heterocycles. The van der Waals surface area contributed by atoms with E-state index in [0.29, 0.717) is 31.8 Å². The summed E-state index contributed by atoms with van der Waals surface area (Å²) in [5.41, 5.74) is 0. The fourth-order valence-corrected chi connectivity index (χ4v) is 2.41. The van der Waals surface area contributed by atoms with Gasteiger partial charge in [-0.25, -0.2) is 4.39 Å². The number of piperidine rings is 1. The molecule has 0 bridgehead atoms. The number of carbonyl (C=O) groups is 1. The number of nitrogens with one attached hydrogen (secondary N) is 1. The van der Waals surface area contributed by atoms with Gasteiger partial charge in [0, 0.05) is 13.0 Å². The average molecular weight is 214 g/mol. The molecule has 0 spiro atoms. The summed E-state index contributed by atoms with van der Waals surface area (Å²) in [6.45, 7) is 2.97. The van der Waals surface area contributed by atoms with Gasteiger partial charge in [-0.15, -0.1) is 0 Å². The quantitative estimate of drug-likeness (QED) is 0.742. The van der Waals surface area contributed by atoms with Crippen LogP contribution in [0.2, 0.25) is 0 Å². The third-order valence-electron chi connectivity index (χ3n) is 3.41. The Morgan fingerprint density at radius 2 is 2.07 bits per heavy atom. The van der Waals surface area contributed by atoms with Crippen LogP contribution < -0.4 is 5.32 Å². The topological polar surface area (TPSA) is 32.3 Å². The molecule has 1 atom stereocenters. The third kappa shape index (κ3) is 2.91. The SMILES string of the molecule is O=C(CC1CCNCC1)N1CCC(F)C1. The molecule has 4 heteroatoms. The van der Waals surface area contributed by atoms with Crippen molar-refractivity contribution < 1.29 is 9.18 Å². The van der Waals surface area contributed by atoms with Gasteiger partial charge in [0.15, 0.2) is 0 Å². The van der Waals surface area contributed by atoms with E-state index in [2.05, 4.69) is 5.32 Å². The summed E-state index contributed by atoms with van der Waals surface area (Å²) in [4.78, 5) is 13.5. The maximum absolute atomic E-state index is 12.9. The molecule has 2 rings (SSSR count). The minimum absolute atomic E-state index is 0.155. The second-order valence-corrected chi connectivity index (χ2v) is 4.62. The van der Waals surface area contributed by atoms with Crippen LogP contribution in [-0.4, -0.2) is 43.2 Å². The molecule has 15 heavy (non-hydrogen) atoms. The molecular formula is C11H19FN2O. The van der Waals surface area contributed by atoms with E-state index in [1.54, 1.807) is 4.90 Å². The average Bonchev–Trinajstić information content (AvgIpc) is 2.66. The lowest BCUT2D eigenvalue weighted by atomic mass is 9.94. The van der Waals surface area contributed by atoms with Gasteiger partial charge >= 0.3 is 0 Å². The van der Waals surface area contributed by atoms with Crippen LogP contribution >= 0.6 is 0 Å². The molecule has 2 aliphatic rings. The lowest BCUT2D eigenvalue weighted by Crippen LogP contribution is -2.34. The normalized spacial score (nSPS) is 28.3. The van der Waals surface area contributed by atoms with Gasteiger partial charge in [-0.2, -0.15) is 0 Å². The van der Waals surface area contributed by atoms with Crippen LogP contribution in [0.3, 0.4) is 0 Å². The highest BCUT2D eigenvalue weighted by Gasteiger charge is 2.27. The van der Waals surface area contributed by atoms with Crippen molar-refractivity contribution in [2.45, 2.75) is 31.9 Å². The van der Waals surface area contributed by atoms with Crippen LogP contribution in [0.5, 0.6) is 0 Å². The number of hydrogen-bond donors (Lipinski definition) is 1. The fraction of sp³-hybridized carbons (Fsp3) is 0.909. The number of rotatable bonds is 2. The van der Waals surface area contributed by atoms with E-state index in [9.17, 15) is 9.18 Å². The number of likely N-dealkylation sites (tertiary alicyclic amines) is 1. The van der Waals surface area contributed by atoms with E-state index < -0.39 is 6.17 Å². The van der Waals surface area contributed by atoms with Crippen molar-refractivity contribution in [1.82, 2.24) is 10.2 Å². The van der Waals surface area contributed by atoms with Crippen molar-refractivity contribution in [2.75, 3.05) is 26.2 Å². The van der Waals surface area contributed by atoms with E-state index in [-0.39, 0.29) is 5.91 Å². The van der Waals surface area contributed by atoms with Crippen LogP contribution in [0.1, 0.15) is 25.7 Å². The summed E-state index contributed by atoms with van der Waals surface area (Å²) in [6.07, 6.45) is 2.52. The highest BCUT2D eigenvalue weighted by Crippen LogP contribution is 2.20. The molecule has 0 saturated carbocycles. The van der Waals surface area contributed by atoms with E-state index in [1.165, 1.54) is 0 Å². The molecule has 0 aromatic carbocycles. The summed E-state index contributed by atoms with van der Waals surface area (Å²) in [7, 11) is 0. The Balaban J connectivity index is 1.76. The van der Waals surface area contributed by atoms with E-state index in [4.69, 9.17) is 0 Å². The Kier molecular flexibility index (Phi) is 3.57. The van der Waals surface area contributed by atoms with Gasteiger partial charge in [0.25, 0.3) is 0 Å². The molecular weight excluding hydrogens is 195 g/mol. The smallest absolute Gasteiger partial charge is 0.222 e. The molecule has 1 N–H and O–H groups in total. The molecule has 0 aliphatic carbocycles. The first-order chi connectivity index (χ1) is 7.25. The lowest BCUT2D eigenvalue weighted by Gasteiger charge is -2.24. The predicted octanol–water partition coefficient (Wildman–Crippen LogP) is 0.946. The Bertz CT molecular complexity index is 229. The number of halogens is 1. The Morgan fingerprint density at radius 3 is 2.67 bits per heavy atom. The monoisotopic (exact) mass is 214 g/mol. The summed E-state index contributed by atoms with van der Waals surface area (Å²) in [6, 6.07) is 0. The van der Waals surface area contributed by atoms with Crippen molar-refractivity contribution in [3.05, 3.63) is 0 Å². The van der Waals surface area contributed by atoms with Crippen molar-refractivity contribution in [2.24, 2.45) is 5.92 Å². The summed E-state index contributed by atoms with van der Waals surface area (Å²) in [5.74, 6) is 0.666. The molecule has 2 heterocycles. The molecule has 2 fully saturated rings. The van der Waals surface area contributed by atoms with Crippen molar-refractivity contribution in [3.63, 3.8) is 0 Å². The Labute approximate surface area is 90.0 Å². The second kappa shape index (κ2) is 4.92. The van der Waals surface area contributed by atoms with Crippen molar-refractivity contribution in [1.29, 1.82) is 0 Å². The largest absolute Gasteiger partial charge is 0.340 e. The number of carbonyl (C=O) groups excluding carboxylic acids is 1. The lowest BCUT2D eigenvalue weighted by molar-refractivity contribution is -0.131. The molecule has 1 amide bonds. The fourth-order valence-electron chi connectivity index (χ4n) is 2.41. The standard InChI is InChI=1S/C11H19FN2O/c12-10-3-6-14(8-10)11(15)7-9-1-4-13-5-2-9/h9-10,13H,1-8H2. The Morgan fingerprint density at radius 1 is 1.33 bits per heavy atom. The van der Waals surface area contributed by atoms with E-state index >= 15 is 0 Å². The first-order valence-electron chi connectivity index (χ1n) is 5.88. The molecule has 1 unspecified atom stereocenters. The zero-order chi connectivity index (χ0) is 10.7. The molecule has 0 radical (unpaired) electrons. The van der Waals surface area contributed by atoms with Crippen LogP contribution in [0.25, 0.3) is 0 Å². The van der Waals surface area contributed by atoms with Crippen LogP contribution in [0.4, 0.5) is 4.39 Å². The summed E-state index contributed by atoms with van der Waals surface area (Å²) < 4.78 is 12.9. The van der Waals surface area contributed by atoms with Gasteiger partial charge in [-0.3, -0.25) is 4.79 Å². The second-order valence-electron chi connectivity index (χ2n) is 4.62. The molecule has 2 aliphatic heterocycles. The van der Waals surface area contributed by atoms with Gasteiger partial charge < -0.3 is 10.2 Å². The number of alkyl halides is 1. The van der Waals surface area contributed by atoms with E-state index in [0.717, 1.165) is 25.9 Å². The van der Waals surface area contributed by atoms with Gasteiger partial charge in [-0.1, -0.05) is 0 Å². The van der Waals surface area contributed by atoms with E-state index in [1.807, 2.05) is 0 Å². The van der Waals surface area contributed by atoms with Gasteiger partial charge in [0.2, 0.25) is 5.91 Å². The van der Waals surface area contributed by atoms with Gasteiger partial charge in [-0.05, 0) is 38.3 Å². The van der Waals surface area contributed by atoms with Gasteiger partial charge in [0.1, 0.15) is 6.17 Å². The van der Waals surface area contributed by atoms with Crippen molar-refractivity contribution >= 4 is 5.91 Å². The molecule has 0 aromatic heterocycles. The number of hydrogen-bond acceptors (Lipinski definition) is 2. The summed E-state index contributed by atoms with van der Waals surface area (Å²) >= 11 is 0. The third-order valence-corrected chi connectivity index (χ3v) is 3.41.